The molecule has 33 heavy (non-hydrogen) atoms. The second kappa shape index (κ2) is 9.08. The van der Waals surface area contributed by atoms with Gasteiger partial charge in [-0.25, -0.2) is 13.2 Å². The average molecular weight is 491 g/mol. The van der Waals surface area contributed by atoms with E-state index in [9.17, 15) is 18.0 Å². The molecule has 172 valence electrons. The maximum atomic E-state index is 14.5. The highest BCUT2D eigenvalue weighted by atomic mass is 32.2. The first-order valence-corrected chi connectivity index (χ1v) is 12.4. The van der Waals surface area contributed by atoms with Crippen molar-refractivity contribution in [1.82, 2.24) is 14.9 Å². The molecule has 2 saturated carbocycles. The molecule has 0 aliphatic heterocycles. The summed E-state index contributed by atoms with van der Waals surface area (Å²) in [6.45, 7) is 0.882. The van der Waals surface area contributed by atoms with E-state index in [1.807, 2.05) is 0 Å². The summed E-state index contributed by atoms with van der Waals surface area (Å²) in [6.07, 6.45) is 4.63. The molecule has 5 rings (SSSR count). The molecule has 5 nitrogen and oxygen atoms in total. The van der Waals surface area contributed by atoms with Crippen molar-refractivity contribution in [3.63, 3.8) is 0 Å². The summed E-state index contributed by atoms with van der Waals surface area (Å²) in [4.78, 5) is 13.5. The fourth-order valence-corrected chi connectivity index (χ4v) is 5.74. The molecule has 2 aliphatic rings. The van der Waals surface area contributed by atoms with Gasteiger partial charge in [0.1, 0.15) is 22.5 Å². The highest BCUT2D eigenvalue weighted by Gasteiger charge is 2.45. The van der Waals surface area contributed by atoms with E-state index in [0.29, 0.717) is 29.3 Å². The SMILES string of the molecule is O=C(Nc1nnc(C2(c3ccc(F)cc3F)CCC2)s1)c1cc(SNCC2CC2)ccc1F. The van der Waals surface area contributed by atoms with Crippen LogP contribution >= 0.6 is 23.3 Å². The molecule has 0 unspecified atom stereocenters. The van der Waals surface area contributed by atoms with Gasteiger partial charge in [-0.1, -0.05) is 23.8 Å². The molecule has 2 aliphatic carbocycles. The van der Waals surface area contributed by atoms with E-state index in [4.69, 9.17) is 0 Å². The molecule has 2 fully saturated rings. The van der Waals surface area contributed by atoms with Crippen LogP contribution in [0.1, 0.15) is 53.0 Å². The summed E-state index contributed by atoms with van der Waals surface area (Å²) in [5.41, 5.74) is -0.403. The summed E-state index contributed by atoms with van der Waals surface area (Å²) in [5.74, 6) is -1.82. The number of halogens is 3. The Labute approximate surface area is 197 Å². The van der Waals surface area contributed by atoms with Crippen molar-refractivity contribution < 1.29 is 18.0 Å². The lowest BCUT2D eigenvalue weighted by Gasteiger charge is -2.40. The molecule has 0 bridgehead atoms. The number of nitrogens with zero attached hydrogens (tertiary/aromatic N) is 2. The molecule has 1 amide bonds. The van der Waals surface area contributed by atoms with E-state index in [-0.39, 0.29) is 10.7 Å². The van der Waals surface area contributed by atoms with E-state index in [2.05, 4.69) is 20.2 Å². The number of carbonyl (C=O) groups excluding carboxylic acids is 1. The van der Waals surface area contributed by atoms with Crippen LogP contribution in [0.25, 0.3) is 0 Å². The largest absolute Gasteiger partial charge is 0.296 e. The summed E-state index contributed by atoms with van der Waals surface area (Å²) in [5, 5.41) is 11.6. The number of aromatic nitrogens is 2. The first-order valence-electron chi connectivity index (χ1n) is 10.7. The minimum atomic E-state index is -0.687. The molecule has 0 spiro atoms. The fraction of sp³-hybridized carbons (Fsp3) is 0.348. The van der Waals surface area contributed by atoms with Gasteiger partial charge in [0, 0.05) is 23.1 Å². The molecule has 0 atom stereocenters. The van der Waals surface area contributed by atoms with Gasteiger partial charge in [0.25, 0.3) is 5.91 Å². The van der Waals surface area contributed by atoms with E-state index < -0.39 is 28.8 Å². The Morgan fingerprint density at radius 2 is 1.91 bits per heavy atom. The molecule has 3 aromatic rings. The molecule has 2 N–H and O–H groups in total. The number of nitrogens with one attached hydrogen (secondary N) is 2. The lowest BCUT2D eigenvalue weighted by Crippen LogP contribution is -2.36. The number of rotatable bonds is 8. The predicted molar refractivity (Wildman–Crippen MR) is 122 cm³/mol. The van der Waals surface area contributed by atoms with Crippen molar-refractivity contribution in [3.05, 3.63) is 70.0 Å². The van der Waals surface area contributed by atoms with Crippen molar-refractivity contribution in [1.29, 1.82) is 0 Å². The zero-order valence-electron chi connectivity index (χ0n) is 17.5. The minimum Gasteiger partial charge on any atom is -0.296 e. The Hall–Kier alpha value is -2.43. The van der Waals surface area contributed by atoms with Crippen LogP contribution in [-0.2, 0) is 5.41 Å². The third-order valence-electron chi connectivity index (χ3n) is 6.15. The van der Waals surface area contributed by atoms with Gasteiger partial charge in [-0.05, 0) is 67.8 Å². The second-order valence-electron chi connectivity index (χ2n) is 8.46. The highest BCUT2D eigenvalue weighted by molar-refractivity contribution is 7.97. The van der Waals surface area contributed by atoms with E-state index in [1.54, 1.807) is 6.07 Å². The molecular formula is C23H21F3N4OS2. The second-order valence-corrected chi connectivity index (χ2v) is 10.4. The lowest BCUT2D eigenvalue weighted by molar-refractivity contribution is 0.102. The van der Waals surface area contributed by atoms with Crippen molar-refractivity contribution in [3.8, 4) is 0 Å². The maximum absolute atomic E-state index is 14.5. The standard InChI is InChI=1S/C23H21F3N4OS2/c24-14-4-6-17(19(26)10-14)23(8-1-9-23)21-29-30-22(32-21)28-20(31)16-11-15(5-7-18(16)25)33-27-12-13-2-3-13/h4-7,10-11,13,27H,1-3,8-9,12H2,(H,28,30,31). The normalized spacial score (nSPS) is 16.9. The molecule has 1 heterocycles. The zero-order valence-corrected chi connectivity index (χ0v) is 19.2. The highest BCUT2D eigenvalue weighted by Crippen LogP contribution is 2.51. The summed E-state index contributed by atoms with van der Waals surface area (Å²) < 4.78 is 45.5. The van der Waals surface area contributed by atoms with Crippen molar-refractivity contribution >= 4 is 34.3 Å². The fourth-order valence-electron chi connectivity index (χ4n) is 3.94. The van der Waals surface area contributed by atoms with Crippen LogP contribution in [-0.4, -0.2) is 22.6 Å². The smallest absolute Gasteiger partial charge is 0.260 e. The average Bonchev–Trinajstić information content (AvgIpc) is 3.47. The van der Waals surface area contributed by atoms with Crippen LogP contribution in [0.5, 0.6) is 0 Å². The van der Waals surface area contributed by atoms with Crippen molar-refractivity contribution in [2.24, 2.45) is 5.92 Å². The Morgan fingerprint density at radius 3 is 2.61 bits per heavy atom. The topological polar surface area (TPSA) is 66.9 Å². The van der Waals surface area contributed by atoms with Crippen LogP contribution in [0.4, 0.5) is 18.3 Å². The minimum absolute atomic E-state index is 0.0899. The Kier molecular flexibility index (Phi) is 6.15. The summed E-state index contributed by atoms with van der Waals surface area (Å²) >= 11 is 2.49. The van der Waals surface area contributed by atoms with Gasteiger partial charge in [-0.2, -0.15) is 0 Å². The number of anilines is 1. The lowest BCUT2D eigenvalue weighted by atomic mass is 9.64. The van der Waals surface area contributed by atoms with Gasteiger partial charge in [-0.15, -0.1) is 10.2 Å². The molecule has 0 radical (unpaired) electrons. The number of hydrogen-bond acceptors (Lipinski definition) is 6. The number of hydrogen-bond donors (Lipinski definition) is 2. The van der Waals surface area contributed by atoms with Crippen molar-refractivity contribution in [2.45, 2.75) is 42.4 Å². The molecular weight excluding hydrogens is 469 g/mol. The van der Waals surface area contributed by atoms with Crippen LogP contribution in [0.2, 0.25) is 0 Å². The van der Waals surface area contributed by atoms with Gasteiger partial charge in [-0.3, -0.25) is 14.8 Å². The molecule has 2 aromatic carbocycles. The quantitative estimate of drug-likeness (QED) is 0.398. The molecule has 1 aromatic heterocycles. The van der Waals surface area contributed by atoms with Gasteiger partial charge >= 0.3 is 0 Å². The van der Waals surface area contributed by atoms with Gasteiger partial charge in [0.2, 0.25) is 5.13 Å². The Bertz CT molecular complexity index is 1190. The van der Waals surface area contributed by atoms with Crippen LogP contribution in [0.3, 0.4) is 0 Å². The summed E-state index contributed by atoms with van der Waals surface area (Å²) in [7, 11) is 0. The molecule has 0 saturated heterocycles. The van der Waals surface area contributed by atoms with E-state index in [1.165, 1.54) is 49.1 Å². The first kappa shape index (κ1) is 22.4. The zero-order chi connectivity index (χ0) is 23.0. The Balaban J connectivity index is 1.32. The van der Waals surface area contributed by atoms with Crippen LogP contribution in [0.15, 0.2) is 41.3 Å². The van der Waals surface area contributed by atoms with Gasteiger partial charge < -0.3 is 0 Å². The predicted octanol–water partition coefficient (Wildman–Crippen LogP) is 5.68. The van der Waals surface area contributed by atoms with Crippen LogP contribution < -0.4 is 10.0 Å². The number of amides is 1. The van der Waals surface area contributed by atoms with Crippen molar-refractivity contribution in [2.75, 3.05) is 11.9 Å². The van der Waals surface area contributed by atoms with Crippen LogP contribution in [0, 0.1) is 23.4 Å². The molecule has 10 heteroatoms. The number of carbonyl (C=O) groups is 1. The van der Waals surface area contributed by atoms with Gasteiger partial charge in [0.05, 0.1) is 11.0 Å². The Morgan fingerprint density at radius 1 is 1.09 bits per heavy atom. The number of benzene rings is 2. The monoisotopic (exact) mass is 490 g/mol. The maximum Gasteiger partial charge on any atom is 0.260 e. The summed E-state index contributed by atoms with van der Waals surface area (Å²) in [6, 6.07) is 7.93. The van der Waals surface area contributed by atoms with E-state index in [0.717, 1.165) is 35.3 Å². The third-order valence-corrected chi connectivity index (χ3v) is 7.99. The third kappa shape index (κ3) is 4.64. The first-order chi connectivity index (χ1) is 15.9. The van der Waals surface area contributed by atoms with Gasteiger partial charge in [0.15, 0.2) is 0 Å². The van der Waals surface area contributed by atoms with E-state index >= 15 is 0 Å².